The van der Waals surface area contributed by atoms with Crippen LogP contribution in [0.1, 0.15) is 56.9 Å². The van der Waals surface area contributed by atoms with Gasteiger partial charge in [0.15, 0.2) is 0 Å². The van der Waals surface area contributed by atoms with Crippen LogP contribution in [0.3, 0.4) is 0 Å². The van der Waals surface area contributed by atoms with E-state index in [0.717, 1.165) is 5.56 Å². The Kier molecular flexibility index (Phi) is 16.8. The first kappa shape index (κ1) is 32.8. The second kappa shape index (κ2) is 20.5. The third-order valence-corrected chi connectivity index (χ3v) is 6.20. The predicted molar refractivity (Wildman–Crippen MR) is 148 cm³/mol. The number of esters is 1. The largest absolute Gasteiger partial charge is 0.463 e. The summed E-state index contributed by atoms with van der Waals surface area (Å²) >= 11 is 0. The van der Waals surface area contributed by atoms with Crippen molar-refractivity contribution in [3.05, 3.63) is 48.0 Å². The molecule has 11 nitrogen and oxygen atoms in total. The van der Waals surface area contributed by atoms with Crippen LogP contribution in [0.5, 0.6) is 0 Å². The van der Waals surface area contributed by atoms with Gasteiger partial charge in [0, 0.05) is 25.9 Å². The van der Waals surface area contributed by atoms with Gasteiger partial charge in [-0.05, 0) is 44.1 Å². The molecule has 1 aliphatic rings. The van der Waals surface area contributed by atoms with Gasteiger partial charge < -0.3 is 35.3 Å². The van der Waals surface area contributed by atoms with Crippen molar-refractivity contribution in [1.29, 1.82) is 0 Å². The molecule has 2 rings (SSSR count). The zero-order valence-electron chi connectivity index (χ0n) is 23.1. The van der Waals surface area contributed by atoms with Crippen LogP contribution >= 0.6 is 0 Å². The fourth-order valence-corrected chi connectivity index (χ4v) is 4.01. The van der Waals surface area contributed by atoms with Crippen molar-refractivity contribution < 1.29 is 38.5 Å². The van der Waals surface area contributed by atoms with Crippen LogP contribution in [0.15, 0.2) is 42.5 Å². The molecule has 0 aromatic heterocycles. The Morgan fingerprint density at radius 1 is 1.05 bits per heavy atom. The zero-order chi connectivity index (χ0) is 28.8. The number of nitrogens with one attached hydrogen (secondary N) is 3. The molecule has 4 N–H and O–H groups in total. The standard InChI is InChI=1S/C29H43N3O8/c33-17-19-38-18-16-30-26(34)20-24-12-6-1-2-7-14-27(35)39-22-25(32-28(24)36)13-8-9-15-31-29(37)40-21-23-10-4-3-5-11-23/h1,3-6,10-11,24-25,33H,2,7-9,12-22H2,(H,30,34)(H,31,37)(H,32,36)/t24-,25+/m1/s1. The smallest absolute Gasteiger partial charge is 0.407 e. The summed E-state index contributed by atoms with van der Waals surface area (Å²) in [6.07, 6.45) is 7.18. The molecule has 1 heterocycles. The van der Waals surface area contributed by atoms with Crippen molar-refractivity contribution in [3.8, 4) is 0 Å². The van der Waals surface area contributed by atoms with Crippen LogP contribution in [-0.2, 0) is 35.2 Å². The van der Waals surface area contributed by atoms with Gasteiger partial charge in [0.05, 0.1) is 31.8 Å². The lowest BCUT2D eigenvalue weighted by Crippen LogP contribution is -2.43. The quantitative estimate of drug-likeness (QED) is 0.153. The number of hydrogen-bond acceptors (Lipinski definition) is 8. The first-order valence-corrected chi connectivity index (χ1v) is 14.0. The first-order valence-electron chi connectivity index (χ1n) is 14.0. The highest BCUT2D eigenvalue weighted by atomic mass is 16.5. The number of hydrogen-bond donors (Lipinski definition) is 4. The van der Waals surface area contributed by atoms with Gasteiger partial charge in [-0.3, -0.25) is 14.4 Å². The maximum atomic E-state index is 13.1. The van der Waals surface area contributed by atoms with Crippen molar-refractivity contribution in [2.24, 2.45) is 5.92 Å². The highest BCUT2D eigenvalue weighted by Crippen LogP contribution is 2.14. The van der Waals surface area contributed by atoms with Gasteiger partial charge in [-0.15, -0.1) is 0 Å². The molecule has 2 atom stereocenters. The molecule has 222 valence electrons. The number of unbranched alkanes of at least 4 members (excludes halogenated alkanes) is 1. The number of carbonyl (C=O) groups excluding carboxylic acids is 4. The molecule has 0 unspecified atom stereocenters. The molecule has 3 amide bonds. The van der Waals surface area contributed by atoms with Crippen LogP contribution < -0.4 is 16.0 Å². The molecule has 0 saturated carbocycles. The van der Waals surface area contributed by atoms with Crippen LogP contribution in [0.4, 0.5) is 4.79 Å². The number of ether oxygens (including phenoxy) is 3. The summed E-state index contributed by atoms with van der Waals surface area (Å²) in [6.45, 7) is 1.32. The van der Waals surface area contributed by atoms with E-state index >= 15 is 0 Å². The van der Waals surface area contributed by atoms with Gasteiger partial charge in [-0.1, -0.05) is 42.5 Å². The lowest BCUT2D eigenvalue weighted by molar-refractivity contribution is -0.145. The minimum atomic E-state index is -0.574. The number of alkyl carbamates (subject to hydrolysis) is 1. The van der Waals surface area contributed by atoms with Crippen LogP contribution in [0.2, 0.25) is 0 Å². The van der Waals surface area contributed by atoms with E-state index in [-0.39, 0.29) is 63.8 Å². The topological polar surface area (TPSA) is 152 Å². The maximum absolute atomic E-state index is 13.1. The molecule has 0 spiro atoms. The number of carbonyl (C=O) groups is 4. The fourth-order valence-electron chi connectivity index (χ4n) is 4.01. The average molecular weight is 562 g/mol. The molecule has 0 fully saturated rings. The van der Waals surface area contributed by atoms with E-state index in [1.165, 1.54) is 0 Å². The van der Waals surface area contributed by atoms with Gasteiger partial charge in [0.1, 0.15) is 13.2 Å². The van der Waals surface area contributed by atoms with E-state index in [0.29, 0.717) is 51.5 Å². The zero-order valence-corrected chi connectivity index (χ0v) is 23.1. The number of cyclic esters (lactones) is 1. The minimum absolute atomic E-state index is 0.0116. The molecule has 1 aliphatic heterocycles. The third kappa shape index (κ3) is 15.2. The Balaban J connectivity index is 1.81. The second-order valence-corrected chi connectivity index (χ2v) is 9.56. The van der Waals surface area contributed by atoms with Crippen molar-refractivity contribution in [2.45, 2.75) is 64.0 Å². The Hall–Kier alpha value is -3.44. The third-order valence-electron chi connectivity index (χ3n) is 6.20. The van der Waals surface area contributed by atoms with Gasteiger partial charge >= 0.3 is 12.1 Å². The number of aliphatic hydroxyl groups is 1. The first-order chi connectivity index (χ1) is 19.5. The van der Waals surface area contributed by atoms with E-state index in [9.17, 15) is 19.2 Å². The molecule has 0 radical (unpaired) electrons. The summed E-state index contributed by atoms with van der Waals surface area (Å²) in [5.74, 6) is -1.43. The van der Waals surface area contributed by atoms with Gasteiger partial charge in [0.25, 0.3) is 0 Å². The van der Waals surface area contributed by atoms with Crippen LogP contribution in [0.25, 0.3) is 0 Å². The van der Waals surface area contributed by atoms with Crippen molar-refractivity contribution in [2.75, 3.05) is 39.5 Å². The predicted octanol–water partition coefficient (Wildman–Crippen LogP) is 2.37. The van der Waals surface area contributed by atoms with Gasteiger partial charge in [-0.2, -0.15) is 0 Å². The number of amides is 3. The number of benzene rings is 1. The summed E-state index contributed by atoms with van der Waals surface area (Å²) in [6, 6.07) is 8.99. The van der Waals surface area contributed by atoms with Crippen molar-refractivity contribution >= 4 is 23.9 Å². The molecule has 0 saturated heterocycles. The molecule has 1 aromatic rings. The molecule has 40 heavy (non-hydrogen) atoms. The molecule has 0 aliphatic carbocycles. The minimum Gasteiger partial charge on any atom is -0.463 e. The maximum Gasteiger partial charge on any atom is 0.407 e. The molecule has 0 bridgehead atoms. The van der Waals surface area contributed by atoms with E-state index in [2.05, 4.69) is 16.0 Å². The van der Waals surface area contributed by atoms with E-state index in [4.69, 9.17) is 19.3 Å². The van der Waals surface area contributed by atoms with Crippen molar-refractivity contribution in [1.82, 2.24) is 16.0 Å². The fraction of sp³-hybridized carbons (Fsp3) is 0.586. The second-order valence-electron chi connectivity index (χ2n) is 9.56. The summed E-state index contributed by atoms with van der Waals surface area (Å²) in [5.41, 5.74) is 0.902. The lowest BCUT2D eigenvalue weighted by atomic mass is 9.98. The van der Waals surface area contributed by atoms with Gasteiger partial charge in [-0.25, -0.2) is 4.79 Å². The molecular weight excluding hydrogens is 518 g/mol. The summed E-state index contributed by atoms with van der Waals surface area (Å²) in [5, 5.41) is 17.2. The van der Waals surface area contributed by atoms with E-state index < -0.39 is 18.1 Å². The van der Waals surface area contributed by atoms with Crippen molar-refractivity contribution in [3.63, 3.8) is 0 Å². The Morgan fingerprint density at radius 2 is 1.88 bits per heavy atom. The number of aliphatic hydroxyl groups excluding tert-OH is 1. The summed E-state index contributed by atoms with van der Waals surface area (Å²) < 4.78 is 15.8. The molecular formula is C29H43N3O8. The van der Waals surface area contributed by atoms with E-state index in [1.807, 2.05) is 42.5 Å². The summed E-state index contributed by atoms with van der Waals surface area (Å²) in [7, 11) is 0. The highest BCUT2D eigenvalue weighted by Gasteiger charge is 2.24. The lowest BCUT2D eigenvalue weighted by Gasteiger charge is -2.22. The molecule has 11 heteroatoms. The molecule has 1 aromatic carbocycles. The highest BCUT2D eigenvalue weighted by molar-refractivity contribution is 5.86. The Labute approximate surface area is 236 Å². The number of rotatable bonds is 14. The Bertz CT molecular complexity index is 925. The van der Waals surface area contributed by atoms with E-state index in [1.54, 1.807) is 0 Å². The van der Waals surface area contributed by atoms with Gasteiger partial charge in [0.2, 0.25) is 11.8 Å². The number of allylic oxidation sites excluding steroid dienone is 2. The monoisotopic (exact) mass is 561 g/mol. The SMILES string of the molecule is O=C(C[C@H]1CC=CCCCC(=O)OC[C@H](CCCCNC(=O)OCc2ccccc2)NC1=O)NCCOCCO. The van der Waals surface area contributed by atoms with Crippen LogP contribution in [0, 0.1) is 5.92 Å². The Morgan fingerprint density at radius 3 is 2.67 bits per heavy atom. The average Bonchev–Trinajstić information content (AvgIpc) is 2.96. The normalized spacial score (nSPS) is 18.3. The summed E-state index contributed by atoms with van der Waals surface area (Å²) in [4.78, 5) is 49.6. The van der Waals surface area contributed by atoms with Crippen LogP contribution in [-0.4, -0.2) is 74.5 Å².